The second-order valence-electron chi connectivity index (χ2n) is 5.77. The van der Waals surface area contributed by atoms with Crippen LogP contribution >= 0.6 is 23.1 Å². The van der Waals surface area contributed by atoms with Crippen LogP contribution in [0.4, 0.5) is 0 Å². The van der Waals surface area contributed by atoms with Gasteiger partial charge in [-0.2, -0.15) is 0 Å². The Hall–Kier alpha value is -2.37. The number of aromatic nitrogens is 2. The van der Waals surface area contributed by atoms with Crippen molar-refractivity contribution < 1.29 is 4.74 Å². The van der Waals surface area contributed by atoms with E-state index in [1.54, 1.807) is 29.4 Å². The number of nitrogens with zero attached hydrogens (tertiary/aromatic N) is 2. The lowest BCUT2D eigenvalue weighted by Gasteiger charge is -2.07. The summed E-state index contributed by atoms with van der Waals surface area (Å²) in [5.74, 6) is 1.74. The van der Waals surface area contributed by atoms with Crippen molar-refractivity contribution in [3.63, 3.8) is 0 Å². The molecule has 0 radical (unpaired) electrons. The van der Waals surface area contributed by atoms with Crippen molar-refractivity contribution in [1.29, 1.82) is 0 Å². The van der Waals surface area contributed by atoms with E-state index in [9.17, 15) is 0 Å². The molecule has 130 valence electrons. The van der Waals surface area contributed by atoms with E-state index in [4.69, 9.17) is 4.74 Å². The molecular formula is C21H18N2OS2. The fraction of sp³-hybridized carbons (Fsp3) is 0.143. The van der Waals surface area contributed by atoms with Crippen molar-refractivity contribution in [1.82, 2.24) is 9.97 Å². The van der Waals surface area contributed by atoms with E-state index in [-0.39, 0.29) is 0 Å². The molecule has 0 bridgehead atoms. The predicted octanol–water partition coefficient (Wildman–Crippen LogP) is 5.84. The number of fused-ring (bicyclic) bond motifs is 1. The summed E-state index contributed by atoms with van der Waals surface area (Å²) in [7, 11) is 0. The maximum Gasteiger partial charge on any atom is 0.128 e. The number of aryl methyl sites for hydroxylation is 1. The third-order valence-corrected chi connectivity index (χ3v) is 5.99. The molecule has 4 rings (SSSR count). The van der Waals surface area contributed by atoms with Gasteiger partial charge in [0, 0.05) is 16.2 Å². The number of hydrogen-bond acceptors (Lipinski definition) is 5. The summed E-state index contributed by atoms with van der Waals surface area (Å²) in [6.07, 6.45) is 1.66. The maximum atomic E-state index is 5.80. The highest BCUT2D eigenvalue weighted by Crippen LogP contribution is 2.41. The Labute approximate surface area is 161 Å². The summed E-state index contributed by atoms with van der Waals surface area (Å²) < 4.78 is 5.80. The van der Waals surface area contributed by atoms with E-state index >= 15 is 0 Å². The average molecular weight is 379 g/mol. The summed E-state index contributed by atoms with van der Waals surface area (Å²) in [5.41, 5.74) is 2.46. The molecule has 26 heavy (non-hydrogen) atoms. The van der Waals surface area contributed by atoms with Crippen LogP contribution in [-0.4, -0.2) is 22.3 Å². The number of rotatable bonds is 6. The van der Waals surface area contributed by atoms with Gasteiger partial charge in [0.25, 0.3) is 0 Å². The molecule has 0 amide bonds. The van der Waals surface area contributed by atoms with Crippen LogP contribution in [0.25, 0.3) is 21.3 Å². The van der Waals surface area contributed by atoms with Crippen LogP contribution in [0.1, 0.15) is 4.88 Å². The highest BCUT2D eigenvalue weighted by molar-refractivity contribution is 7.99. The lowest BCUT2D eigenvalue weighted by molar-refractivity contribution is 0.344. The number of thioether (sulfide) groups is 1. The van der Waals surface area contributed by atoms with Gasteiger partial charge < -0.3 is 4.74 Å². The molecule has 4 aromatic rings. The Morgan fingerprint density at radius 3 is 2.46 bits per heavy atom. The minimum Gasteiger partial charge on any atom is -0.493 e. The number of benzene rings is 2. The van der Waals surface area contributed by atoms with Crippen molar-refractivity contribution in [2.75, 3.05) is 12.4 Å². The molecule has 0 aliphatic carbocycles. The maximum absolute atomic E-state index is 5.80. The highest BCUT2D eigenvalue weighted by atomic mass is 32.2. The van der Waals surface area contributed by atoms with E-state index < -0.39 is 0 Å². The molecular weight excluding hydrogens is 360 g/mol. The Balaban J connectivity index is 1.57. The second kappa shape index (κ2) is 7.89. The standard InChI is InChI=1S/C21H18N2OS2/c1-15-18(16-8-4-2-5-9-16)19-20(22-14-23-21(19)26-15)25-13-12-24-17-10-6-3-7-11-17/h2-11,14H,12-13H2,1H3. The molecule has 2 aromatic carbocycles. The quantitative estimate of drug-likeness (QED) is 0.240. The van der Waals surface area contributed by atoms with Gasteiger partial charge in [-0.05, 0) is 24.6 Å². The number of para-hydroxylation sites is 1. The second-order valence-corrected chi connectivity index (χ2v) is 8.06. The van der Waals surface area contributed by atoms with E-state index in [1.807, 2.05) is 36.4 Å². The van der Waals surface area contributed by atoms with Crippen LogP contribution < -0.4 is 4.74 Å². The van der Waals surface area contributed by atoms with Crippen LogP contribution in [0.15, 0.2) is 72.0 Å². The molecule has 0 aliphatic rings. The number of thiophene rings is 1. The largest absolute Gasteiger partial charge is 0.493 e. The van der Waals surface area contributed by atoms with Gasteiger partial charge in [0.2, 0.25) is 0 Å². The molecule has 0 N–H and O–H groups in total. The molecule has 2 heterocycles. The van der Waals surface area contributed by atoms with Crippen molar-refractivity contribution >= 4 is 33.3 Å². The van der Waals surface area contributed by atoms with Crippen LogP contribution in [0, 0.1) is 6.92 Å². The fourth-order valence-corrected chi connectivity index (χ4v) is 4.80. The molecule has 0 atom stereocenters. The minimum atomic E-state index is 0.643. The molecule has 0 spiro atoms. The SMILES string of the molecule is Cc1sc2ncnc(SCCOc3ccccc3)c2c1-c1ccccc1. The lowest BCUT2D eigenvalue weighted by atomic mass is 10.0. The van der Waals surface area contributed by atoms with Crippen molar-refractivity contribution in [2.24, 2.45) is 0 Å². The van der Waals surface area contributed by atoms with Gasteiger partial charge in [0.15, 0.2) is 0 Å². The van der Waals surface area contributed by atoms with Gasteiger partial charge in [-0.1, -0.05) is 48.5 Å². The molecule has 5 heteroatoms. The summed E-state index contributed by atoms with van der Waals surface area (Å²) in [6, 6.07) is 20.4. The topological polar surface area (TPSA) is 35.0 Å². The summed E-state index contributed by atoms with van der Waals surface area (Å²) in [4.78, 5) is 11.4. The average Bonchev–Trinajstić information content (AvgIpc) is 3.03. The van der Waals surface area contributed by atoms with Crippen LogP contribution in [0.5, 0.6) is 5.75 Å². The van der Waals surface area contributed by atoms with Crippen LogP contribution in [0.3, 0.4) is 0 Å². The number of ether oxygens (including phenoxy) is 1. The van der Waals surface area contributed by atoms with E-state index in [0.29, 0.717) is 6.61 Å². The molecule has 3 nitrogen and oxygen atoms in total. The zero-order chi connectivity index (χ0) is 17.8. The van der Waals surface area contributed by atoms with Gasteiger partial charge in [-0.25, -0.2) is 9.97 Å². The summed E-state index contributed by atoms with van der Waals surface area (Å²) in [5, 5.41) is 2.18. The van der Waals surface area contributed by atoms with Gasteiger partial charge in [0.05, 0.1) is 12.0 Å². The molecule has 0 unspecified atom stereocenters. The third kappa shape index (κ3) is 3.59. The first kappa shape index (κ1) is 17.1. The zero-order valence-electron chi connectivity index (χ0n) is 14.4. The monoisotopic (exact) mass is 378 g/mol. The van der Waals surface area contributed by atoms with Crippen LogP contribution in [-0.2, 0) is 0 Å². The van der Waals surface area contributed by atoms with E-state index in [2.05, 4.69) is 41.2 Å². The molecule has 0 fully saturated rings. The molecule has 2 aromatic heterocycles. The van der Waals surface area contributed by atoms with Gasteiger partial charge in [0.1, 0.15) is 21.9 Å². The van der Waals surface area contributed by atoms with Gasteiger partial charge in [-0.3, -0.25) is 0 Å². The Morgan fingerprint density at radius 2 is 1.69 bits per heavy atom. The first-order valence-corrected chi connectivity index (χ1v) is 10.2. The number of hydrogen-bond donors (Lipinski definition) is 0. The normalized spacial score (nSPS) is 11.0. The first-order chi connectivity index (χ1) is 12.8. The minimum absolute atomic E-state index is 0.643. The van der Waals surface area contributed by atoms with Crippen molar-refractivity contribution in [3.8, 4) is 16.9 Å². The van der Waals surface area contributed by atoms with Crippen molar-refractivity contribution in [3.05, 3.63) is 71.9 Å². The third-order valence-electron chi connectivity index (χ3n) is 4.03. The molecule has 0 saturated carbocycles. The summed E-state index contributed by atoms with van der Waals surface area (Å²) in [6.45, 7) is 2.80. The van der Waals surface area contributed by atoms with E-state index in [0.717, 1.165) is 26.7 Å². The van der Waals surface area contributed by atoms with Crippen molar-refractivity contribution in [2.45, 2.75) is 11.9 Å². The van der Waals surface area contributed by atoms with E-state index in [1.165, 1.54) is 16.0 Å². The van der Waals surface area contributed by atoms with Gasteiger partial charge >= 0.3 is 0 Å². The lowest BCUT2D eigenvalue weighted by Crippen LogP contribution is -2.00. The molecule has 0 aliphatic heterocycles. The molecule has 0 saturated heterocycles. The fourth-order valence-electron chi connectivity index (χ4n) is 2.89. The Bertz CT molecular complexity index is 1000. The Morgan fingerprint density at radius 1 is 0.962 bits per heavy atom. The van der Waals surface area contributed by atoms with Gasteiger partial charge in [-0.15, -0.1) is 23.1 Å². The smallest absolute Gasteiger partial charge is 0.128 e. The van der Waals surface area contributed by atoms with Crippen LogP contribution in [0.2, 0.25) is 0 Å². The predicted molar refractivity (Wildman–Crippen MR) is 110 cm³/mol. The Kier molecular flexibility index (Phi) is 5.18. The first-order valence-electron chi connectivity index (χ1n) is 8.43. The zero-order valence-corrected chi connectivity index (χ0v) is 16.0. The highest BCUT2D eigenvalue weighted by Gasteiger charge is 2.16. The summed E-state index contributed by atoms with van der Waals surface area (Å²) >= 11 is 3.45.